The monoisotopic (exact) mass is 730 g/mol. The van der Waals surface area contributed by atoms with Crippen molar-refractivity contribution in [2.75, 3.05) is 70.8 Å². The number of imidazole rings is 2. The summed E-state index contributed by atoms with van der Waals surface area (Å²) < 4.78 is 21.4. The maximum atomic E-state index is 13.4. The van der Waals surface area contributed by atoms with Crippen LogP contribution in [0.25, 0.3) is 22.1 Å². The van der Waals surface area contributed by atoms with Gasteiger partial charge in [0, 0.05) is 64.1 Å². The number of anilines is 2. The highest BCUT2D eigenvalue weighted by atomic mass is 16.5. The van der Waals surface area contributed by atoms with Crippen LogP contribution in [0.3, 0.4) is 0 Å². The SMILES string of the molecule is CCN=C(/C=C(/C)N)C(=O)Nc1nc2cc(C(N)=O)cc(OC)c2n1C/C=C/Cn1c(NC)nc2cc(CNN)cc(OCCCN3CCOCC3)c21. The third-order valence-corrected chi connectivity index (χ3v) is 8.58. The number of aliphatic imine (C=N–C) groups is 1. The van der Waals surface area contributed by atoms with E-state index in [9.17, 15) is 9.59 Å². The number of carbonyl (C=O) groups is 2. The zero-order chi connectivity index (χ0) is 37.9. The van der Waals surface area contributed by atoms with Crippen molar-refractivity contribution >= 4 is 51.5 Å². The first kappa shape index (κ1) is 38.7. The van der Waals surface area contributed by atoms with E-state index in [0.717, 1.165) is 55.9 Å². The molecule has 1 fully saturated rings. The second-order valence-corrected chi connectivity index (χ2v) is 12.4. The number of nitrogens with zero attached hydrogens (tertiary/aromatic N) is 6. The number of amides is 2. The van der Waals surface area contributed by atoms with Crippen LogP contribution in [0, 0.1) is 0 Å². The van der Waals surface area contributed by atoms with Crippen molar-refractivity contribution in [3.8, 4) is 11.5 Å². The minimum absolute atomic E-state index is 0.155. The number of benzene rings is 2. The molecular formula is C36H50N12O5. The summed E-state index contributed by atoms with van der Waals surface area (Å²) >= 11 is 0. The molecule has 17 heteroatoms. The summed E-state index contributed by atoms with van der Waals surface area (Å²) in [6.45, 7) is 9.89. The average molecular weight is 731 g/mol. The summed E-state index contributed by atoms with van der Waals surface area (Å²) in [5.74, 6) is 6.52. The van der Waals surface area contributed by atoms with E-state index in [4.69, 9.17) is 36.5 Å². The lowest BCUT2D eigenvalue weighted by Gasteiger charge is -2.26. The van der Waals surface area contributed by atoms with E-state index in [1.54, 1.807) is 23.6 Å². The Bertz CT molecular complexity index is 2000. The number of nitrogens with two attached hydrogens (primary N) is 3. The van der Waals surface area contributed by atoms with Gasteiger partial charge < -0.3 is 40.1 Å². The third kappa shape index (κ3) is 9.50. The molecule has 0 saturated carbocycles. The van der Waals surface area contributed by atoms with Gasteiger partial charge in [-0.3, -0.25) is 36.1 Å². The van der Waals surface area contributed by atoms with Crippen molar-refractivity contribution in [1.82, 2.24) is 29.4 Å². The first-order valence-corrected chi connectivity index (χ1v) is 17.6. The molecule has 4 aromatic rings. The summed E-state index contributed by atoms with van der Waals surface area (Å²) in [7, 11) is 3.32. The number of ether oxygens (including phenoxy) is 3. The van der Waals surface area contributed by atoms with Crippen molar-refractivity contribution in [2.24, 2.45) is 22.3 Å². The smallest absolute Gasteiger partial charge is 0.276 e. The highest BCUT2D eigenvalue weighted by Gasteiger charge is 2.21. The van der Waals surface area contributed by atoms with Crippen LogP contribution in [0.5, 0.6) is 11.5 Å². The first-order valence-electron chi connectivity index (χ1n) is 17.6. The normalized spacial score (nSPS) is 14.4. The van der Waals surface area contributed by atoms with Gasteiger partial charge in [0.05, 0.1) is 38.0 Å². The maximum Gasteiger partial charge on any atom is 0.276 e. The molecular weight excluding hydrogens is 680 g/mol. The number of hydrogen-bond donors (Lipinski definition) is 6. The van der Waals surface area contributed by atoms with Crippen LogP contribution in [0.1, 0.15) is 36.2 Å². The minimum Gasteiger partial charge on any atom is -0.494 e. The Morgan fingerprint density at radius 3 is 2.32 bits per heavy atom. The van der Waals surface area contributed by atoms with Gasteiger partial charge in [0.1, 0.15) is 28.2 Å². The van der Waals surface area contributed by atoms with Gasteiger partial charge in [0.25, 0.3) is 5.91 Å². The second kappa shape index (κ2) is 18.3. The van der Waals surface area contributed by atoms with E-state index in [1.165, 1.54) is 13.2 Å². The summed E-state index contributed by atoms with van der Waals surface area (Å²) in [5, 5.41) is 6.08. The molecule has 1 aliphatic heterocycles. The van der Waals surface area contributed by atoms with Gasteiger partial charge in [-0.2, -0.15) is 0 Å². The molecule has 17 nitrogen and oxygen atoms in total. The molecule has 1 saturated heterocycles. The van der Waals surface area contributed by atoms with Crippen molar-refractivity contribution in [3.05, 3.63) is 59.3 Å². The van der Waals surface area contributed by atoms with Crippen LogP contribution in [-0.4, -0.2) is 102 Å². The van der Waals surface area contributed by atoms with Crippen LogP contribution in [-0.2, 0) is 29.2 Å². The number of morpholine rings is 1. The van der Waals surface area contributed by atoms with Crippen molar-refractivity contribution < 1.29 is 23.8 Å². The summed E-state index contributed by atoms with van der Waals surface area (Å²) in [5.41, 5.74) is 18.5. The third-order valence-electron chi connectivity index (χ3n) is 8.58. The fourth-order valence-corrected chi connectivity index (χ4v) is 6.17. The molecule has 0 radical (unpaired) electrons. The van der Waals surface area contributed by atoms with E-state index >= 15 is 0 Å². The molecule has 0 atom stereocenters. The molecule has 0 aliphatic carbocycles. The fourth-order valence-electron chi connectivity index (χ4n) is 6.17. The lowest BCUT2D eigenvalue weighted by molar-refractivity contribution is -0.110. The molecule has 0 unspecified atom stereocenters. The molecule has 1 aliphatic rings. The number of fused-ring (bicyclic) bond motifs is 2. The van der Waals surface area contributed by atoms with Crippen LogP contribution in [0.4, 0.5) is 11.9 Å². The fraction of sp³-hybridized carbons (Fsp3) is 0.417. The lowest BCUT2D eigenvalue weighted by Crippen LogP contribution is -2.37. The van der Waals surface area contributed by atoms with Gasteiger partial charge in [-0.15, -0.1) is 0 Å². The molecule has 0 bridgehead atoms. The highest BCUT2D eigenvalue weighted by Crippen LogP contribution is 2.32. The molecule has 53 heavy (non-hydrogen) atoms. The number of nitrogens with one attached hydrogen (secondary N) is 3. The number of hydrazine groups is 1. The minimum atomic E-state index is -0.633. The van der Waals surface area contributed by atoms with Gasteiger partial charge in [-0.1, -0.05) is 12.2 Å². The molecule has 284 valence electrons. The standard InChI is InChI=1S/C36H50N12O5/c1-5-41-28(17-23(2)37)34(50)45-36-44-27-20-25(33(38)49)21-29(51-4)31(27)48(36)11-7-6-10-47-32-26(43-35(47)40-3)18-24(22-42-39)19-30(32)53-14-8-9-46-12-15-52-16-13-46/h6-7,17-21,42H,5,8-16,22,37,39H2,1-4H3,(H2,38,49)(H,40,43)(H,44,45,50)/b7-6+,23-17-,41-28?. The first-order chi connectivity index (χ1) is 25.7. The van der Waals surface area contributed by atoms with Crippen molar-refractivity contribution in [3.63, 3.8) is 0 Å². The number of allylic oxidation sites excluding steroid dienone is 3. The van der Waals surface area contributed by atoms with Gasteiger partial charge in [-0.25, -0.2) is 9.97 Å². The Morgan fingerprint density at radius 2 is 1.68 bits per heavy atom. The number of methoxy groups -OCH3 is 1. The summed E-state index contributed by atoms with van der Waals surface area (Å²) in [6, 6.07) is 7.10. The predicted molar refractivity (Wildman–Crippen MR) is 206 cm³/mol. The zero-order valence-corrected chi connectivity index (χ0v) is 30.8. The van der Waals surface area contributed by atoms with Crippen molar-refractivity contribution in [1.29, 1.82) is 0 Å². The molecule has 0 spiro atoms. The number of aromatic nitrogens is 4. The molecule has 3 heterocycles. The summed E-state index contributed by atoms with van der Waals surface area (Å²) in [6.07, 6.45) is 6.31. The van der Waals surface area contributed by atoms with Crippen LogP contribution in [0.2, 0.25) is 0 Å². The number of primary amides is 1. The maximum absolute atomic E-state index is 13.4. The zero-order valence-electron chi connectivity index (χ0n) is 30.8. The molecule has 2 amide bonds. The van der Waals surface area contributed by atoms with E-state index in [2.05, 4.69) is 30.9 Å². The van der Waals surface area contributed by atoms with E-state index in [1.807, 2.05) is 42.8 Å². The Kier molecular flexibility index (Phi) is 13.4. The predicted octanol–water partition coefficient (Wildman–Crippen LogP) is 2.12. The second-order valence-electron chi connectivity index (χ2n) is 12.4. The number of rotatable bonds is 18. The Morgan fingerprint density at radius 1 is 1.00 bits per heavy atom. The van der Waals surface area contributed by atoms with Crippen LogP contribution >= 0.6 is 0 Å². The number of hydrogen-bond acceptors (Lipinski definition) is 13. The van der Waals surface area contributed by atoms with Crippen molar-refractivity contribution in [2.45, 2.75) is 39.9 Å². The molecule has 5 rings (SSSR count). The number of carbonyl (C=O) groups excluding carboxylic acids is 2. The lowest BCUT2D eigenvalue weighted by atomic mass is 10.1. The highest BCUT2D eigenvalue weighted by molar-refractivity contribution is 6.47. The topological polar surface area (TPSA) is 227 Å². The Labute approximate surface area is 308 Å². The van der Waals surface area contributed by atoms with E-state index in [0.29, 0.717) is 60.4 Å². The summed E-state index contributed by atoms with van der Waals surface area (Å²) in [4.78, 5) is 41.7. The van der Waals surface area contributed by atoms with Crippen LogP contribution in [0.15, 0.2) is 53.2 Å². The van der Waals surface area contributed by atoms with Gasteiger partial charge >= 0.3 is 0 Å². The van der Waals surface area contributed by atoms with Gasteiger partial charge in [0.2, 0.25) is 17.8 Å². The quantitative estimate of drug-likeness (QED) is 0.0285. The Hall–Kier alpha value is -5.49. The largest absolute Gasteiger partial charge is 0.494 e. The molecule has 9 N–H and O–H groups in total. The van der Waals surface area contributed by atoms with E-state index < -0.39 is 11.8 Å². The van der Waals surface area contributed by atoms with E-state index in [-0.39, 0.29) is 23.8 Å². The van der Waals surface area contributed by atoms with Gasteiger partial charge in [0.15, 0.2) is 0 Å². The van der Waals surface area contributed by atoms with Crippen LogP contribution < -0.4 is 42.8 Å². The Balaban J connectivity index is 1.45. The molecule has 2 aromatic heterocycles. The average Bonchev–Trinajstić information content (AvgIpc) is 3.68. The molecule has 2 aromatic carbocycles. The van der Waals surface area contributed by atoms with Gasteiger partial charge in [-0.05, 0) is 56.2 Å².